The summed E-state index contributed by atoms with van der Waals surface area (Å²) in [4.78, 5) is 13.3. The average molecular weight is 169 g/mol. The number of anilines is 1. The highest BCUT2D eigenvalue weighted by molar-refractivity contribution is 5.56. The lowest BCUT2D eigenvalue weighted by atomic mass is 10.2. The Morgan fingerprint density at radius 2 is 2.42 bits per heavy atom. The molecule has 0 saturated carbocycles. The Morgan fingerprint density at radius 3 is 2.83 bits per heavy atom. The van der Waals surface area contributed by atoms with E-state index in [0.29, 0.717) is 0 Å². The number of hydrogen-bond acceptors (Lipinski definition) is 5. The molecule has 1 aromatic rings. The minimum Gasteiger partial charge on any atom is -0.391 e. The maximum atomic E-state index is 10.4. The number of pyridine rings is 1. The van der Waals surface area contributed by atoms with E-state index >= 15 is 0 Å². The molecule has 1 heterocycles. The predicted molar refractivity (Wildman–Crippen MR) is 41.2 cm³/mol. The van der Waals surface area contributed by atoms with Gasteiger partial charge in [0.05, 0.1) is 17.1 Å². The Hall–Kier alpha value is -1.69. The smallest absolute Gasteiger partial charge is 0.316 e. The normalized spacial score (nSPS) is 9.75. The summed E-state index contributed by atoms with van der Waals surface area (Å²) < 4.78 is 0. The summed E-state index contributed by atoms with van der Waals surface area (Å²) in [5, 5.41) is 19.1. The Kier molecular flexibility index (Phi) is 2.20. The third kappa shape index (κ3) is 1.32. The molecule has 0 aliphatic heterocycles. The van der Waals surface area contributed by atoms with Crippen LogP contribution in [0.1, 0.15) is 5.56 Å². The molecule has 0 amide bonds. The first kappa shape index (κ1) is 8.41. The van der Waals surface area contributed by atoms with Crippen molar-refractivity contribution < 1.29 is 10.0 Å². The van der Waals surface area contributed by atoms with Crippen molar-refractivity contribution in [1.29, 1.82) is 0 Å². The van der Waals surface area contributed by atoms with Crippen LogP contribution in [0.2, 0.25) is 0 Å². The first-order valence-electron chi connectivity index (χ1n) is 3.15. The van der Waals surface area contributed by atoms with E-state index in [1.165, 1.54) is 12.3 Å². The molecule has 1 aromatic heterocycles. The zero-order valence-corrected chi connectivity index (χ0v) is 6.10. The molecule has 12 heavy (non-hydrogen) atoms. The highest BCUT2D eigenvalue weighted by Crippen LogP contribution is 2.22. The molecular weight excluding hydrogens is 162 g/mol. The Labute approximate surface area is 67.8 Å². The van der Waals surface area contributed by atoms with Crippen molar-refractivity contribution in [2.45, 2.75) is 6.61 Å². The maximum Gasteiger partial charge on any atom is 0.316 e. The minimum absolute atomic E-state index is 0.174. The number of rotatable bonds is 2. The molecule has 0 atom stereocenters. The molecule has 0 spiro atoms. The van der Waals surface area contributed by atoms with E-state index in [1.54, 1.807) is 0 Å². The second-order valence-electron chi connectivity index (χ2n) is 2.12. The van der Waals surface area contributed by atoms with Crippen molar-refractivity contribution in [3.05, 3.63) is 27.9 Å². The van der Waals surface area contributed by atoms with Crippen molar-refractivity contribution in [1.82, 2.24) is 4.98 Å². The largest absolute Gasteiger partial charge is 0.391 e. The molecule has 3 N–H and O–H groups in total. The van der Waals surface area contributed by atoms with Gasteiger partial charge in [-0.25, -0.2) is 4.98 Å². The van der Waals surface area contributed by atoms with Crippen LogP contribution in [0.15, 0.2) is 12.3 Å². The van der Waals surface area contributed by atoms with E-state index in [2.05, 4.69) is 4.98 Å². The van der Waals surface area contributed by atoms with Gasteiger partial charge in [0.25, 0.3) is 0 Å². The number of aliphatic hydroxyl groups is 1. The van der Waals surface area contributed by atoms with Crippen molar-refractivity contribution in [2.24, 2.45) is 0 Å². The van der Waals surface area contributed by atoms with Crippen molar-refractivity contribution in [2.75, 3.05) is 5.73 Å². The second-order valence-corrected chi connectivity index (χ2v) is 2.12. The third-order valence-electron chi connectivity index (χ3n) is 1.39. The van der Waals surface area contributed by atoms with Crippen LogP contribution in [-0.4, -0.2) is 15.0 Å². The topological polar surface area (TPSA) is 102 Å². The third-order valence-corrected chi connectivity index (χ3v) is 1.39. The molecule has 0 aromatic carbocycles. The van der Waals surface area contributed by atoms with Gasteiger partial charge in [-0.05, 0) is 6.07 Å². The van der Waals surface area contributed by atoms with Gasteiger partial charge in [0, 0.05) is 6.20 Å². The second kappa shape index (κ2) is 3.14. The molecule has 0 aliphatic rings. The van der Waals surface area contributed by atoms with E-state index in [1.807, 2.05) is 0 Å². The van der Waals surface area contributed by atoms with Gasteiger partial charge in [0.15, 0.2) is 0 Å². The number of hydrogen-bond donors (Lipinski definition) is 2. The first-order chi connectivity index (χ1) is 5.66. The number of nitrogens with zero attached hydrogens (tertiary/aromatic N) is 2. The molecule has 0 bridgehead atoms. The summed E-state index contributed by atoms with van der Waals surface area (Å²) in [5.41, 5.74) is 5.09. The van der Waals surface area contributed by atoms with Gasteiger partial charge in [0.2, 0.25) is 5.82 Å². The van der Waals surface area contributed by atoms with Crippen molar-refractivity contribution in [3.63, 3.8) is 0 Å². The van der Waals surface area contributed by atoms with Crippen molar-refractivity contribution >= 4 is 11.5 Å². The van der Waals surface area contributed by atoms with Gasteiger partial charge in [0.1, 0.15) is 0 Å². The molecule has 0 saturated heterocycles. The number of nitro groups is 1. The summed E-state index contributed by atoms with van der Waals surface area (Å²) >= 11 is 0. The SMILES string of the molecule is Nc1nccc(CO)c1[N+](=O)[O-]. The van der Waals surface area contributed by atoms with Crippen molar-refractivity contribution in [3.8, 4) is 0 Å². The van der Waals surface area contributed by atoms with Crippen LogP contribution >= 0.6 is 0 Å². The lowest BCUT2D eigenvalue weighted by molar-refractivity contribution is -0.385. The van der Waals surface area contributed by atoms with Gasteiger partial charge < -0.3 is 10.8 Å². The van der Waals surface area contributed by atoms with Gasteiger partial charge >= 0.3 is 5.69 Å². The zero-order valence-electron chi connectivity index (χ0n) is 6.10. The number of aromatic nitrogens is 1. The molecular formula is C6H7N3O3. The van der Waals surface area contributed by atoms with Crippen LogP contribution in [0.5, 0.6) is 0 Å². The molecule has 0 fully saturated rings. The quantitative estimate of drug-likeness (QED) is 0.481. The first-order valence-corrected chi connectivity index (χ1v) is 3.15. The fourth-order valence-corrected chi connectivity index (χ4v) is 0.850. The standard InChI is InChI=1S/C6H7N3O3/c7-6-5(9(11)12)4(3-10)1-2-8-6/h1-2,10H,3H2,(H2,7,8). The molecule has 0 radical (unpaired) electrons. The Morgan fingerprint density at radius 1 is 1.75 bits per heavy atom. The van der Waals surface area contributed by atoms with E-state index in [9.17, 15) is 10.1 Å². The Bertz CT molecular complexity index is 313. The number of nitrogens with two attached hydrogens (primary N) is 1. The molecule has 6 nitrogen and oxygen atoms in total. The number of aliphatic hydroxyl groups excluding tert-OH is 1. The predicted octanol–water partition coefficient (Wildman–Crippen LogP) is 0.0643. The lowest BCUT2D eigenvalue weighted by Gasteiger charge is -1.99. The fourth-order valence-electron chi connectivity index (χ4n) is 0.850. The van der Waals surface area contributed by atoms with Crippen LogP contribution < -0.4 is 5.73 Å². The van der Waals surface area contributed by atoms with Crippen LogP contribution in [0, 0.1) is 10.1 Å². The highest BCUT2D eigenvalue weighted by Gasteiger charge is 2.17. The monoisotopic (exact) mass is 169 g/mol. The van der Waals surface area contributed by atoms with E-state index in [0.717, 1.165) is 0 Å². The van der Waals surface area contributed by atoms with Crippen LogP contribution in [0.4, 0.5) is 11.5 Å². The molecule has 64 valence electrons. The van der Waals surface area contributed by atoms with Crippen LogP contribution in [0.3, 0.4) is 0 Å². The summed E-state index contributed by atoms with van der Waals surface area (Å²) in [7, 11) is 0. The van der Waals surface area contributed by atoms with Gasteiger partial charge in [-0.2, -0.15) is 0 Å². The summed E-state index contributed by atoms with van der Waals surface area (Å²) in [5.74, 6) is -0.174. The summed E-state index contributed by atoms with van der Waals surface area (Å²) in [6.07, 6.45) is 1.31. The summed E-state index contributed by atoms with van der Waals surface area (Å²) in [6, 6.07) is 1.36. The zero-order chi connectivity index (χ0) is 9.14. The van der Waals surface area contributed by atoms with Gasteiger partial charge in [-0.15, -0.1) is 0 Å². The maximum absolute atomic E-state index is 10.4. The molecule has 6 heteroatoms. The van der Waals surface area contributed by atoms with Crippen LogP contribution in [-0.2, 0) is 6.61 Å². The van der Waals surface area contributed by atoms with Gasteiger partial charge in [-0.3, -0.25) is 10.1 Å². The van der Waals surface area contributed by atoms with Gasteiger partial charge in [-0.1, -0.05) is 0 Å². The Balaban J connectivity index is 3.29. The highest BCUT2D eigenvalue weighted by atomic mass is 16.6. The van der Waals surface area contributed by atoms with E-state index < -0.39 is 11.5 Å². The van der Waals surface area contributed by atoms with E-state index in [4.69, 9.17) is 10.8 Å². The van der Waals surface area contributed by atoms with Crippen LogP contribution in [0.25, 0.3) is 0 Å². The van der Waals surface area contributed by atoms with E-state index in [-0.39, 0.29) is 17.1 Å². The molecule has 0 aliphatic carbocycles. The average Bonchev–Trinajstić information content (AvgIpc) is 2.03. The molecule has 0 unspecified atom stereocenters. The fraction of sp³-hybridized carbons (Fsp3) is 0.167. The number of nitrogen functional groups attached to an aromatic ring is 1. The lowest BCUT2D eigenvalue weighted by Crippen LogP contribution is -2.02. The summed E-state index contributed by atoms with van der Waals surface area (Å²) in [6.45, 7) is -0.414. The minimum atomic E-state index is -0.659. The molecule has 1 rings (SSSR count).